The maximum Gasteiger partial charge on any atom is 0.416 e. The number of rotatable bonds is 3. The van der Waals surface area contributed by atoms with E-state index in [1.165, 1.54) is 6.07 Å². The van der Waals surface area contributed by atoms with Crippen LogP contribution in [0.2, 0.25) is 0 Å². The largest absolute Gasteiger partial charge is 0.491 e. The lowest BCUT2D eigenvalue weighted by molar-refractivity contribution is -0.137. The van der Waals surface area contributed by atoms with Crippen LogP contribution in [0.3, 0.4) is 0 Å². The van der Waals surface area contributed by atoms with Crippen molar-refractivity contribution in [3.05, 3.63) is 65.1 Å². The van der Waals surface area contributed by atoms with Gasteiger partial charge in [0, 0.05) is 17.7 Å². The highest BCUT2D eigenvalue weighted by molar-refractivity contribution is 5.98. The Morgan fingerprint density at radius 3 is 2.79 bits per heavy atom. The minimum absolute atomic E-state index is 0.0901. The number of aromatic nitrogens is 3. The highest BCUT2D eigenvalue weighted by atomic mass is 19.4. The summed E-state index contributed by atoms with van der Waals surface area (Å²) in [5.41, 5.74) is 8.97. The molecular weight excluding hydrogens is 435 g/mol. The number of ether oxygens (including phenoxy) is 1. The Morgan fingerprint density at radius 1 is 1.27 bits per heavy atom. The highest BCUT2D eigenvalue weighted by Crippen LogP contribution is 2.41. The summed E-state index contributed by atoms with van der Waals surface area (Å²) in [6, 6.07) is 8.01. The van der Waals surface area contributed by atoms with Crippen LogP contribution in [0.4, 0.5) is 19.0 Å². The fourth-order valence-electron chi connectivity index (χ4n) is 4.35. The maximum absolute atomic E-state index is 13.5. The number of carbonyl (C=O) groups excluding carboxylic acids is 1. The predicted molar refractivity (Wildman–Crippen MR) is 116 cm³/mol. The quantitative estimate of drug-likeness (QED) is 0.495. The zero-order chi connectivity index (χ0) is 23.5. The summed E-state index contributed by atoms with van der Waals surface area (Å²) in [6.45, 7) is 4.09. The van der Waals surface area contributed by atoms with Crippen molar-refractivity contribution in [1.29, 1.82) is 0 Å². The molecule has 0 spiro atoms. The molecule has 0 fully saturated rings. The molecule has 170 valence electrons. The Labute approximate surface area is 186 Å². The van der Waals surface area contributed by atoms with E-state index in [0.29, 0.717) is 40.0 Å². The van der Waals surface area contributed by atoms with E-state index in [-0.39, 0.29) is 18.3 Å². The van der Waals surface area contributed by atoms with E-state index in [1.54, 1.807) is 33.8 Å². The van der Waals surface area contributed by atoms with Gasteiger partial charge < -0.3 is 15.4 Å². The number of nitrogens with two attached hydrogens (primary N) is 1. The second-order valence-corrected chi connectivity index (χ2v) is 7.92. The Morgan fingerprint density at radius 2 is 2.06 bits per heavy atom. The zero-order valence-corrected chi connectivity index (χ0v) is 17.8. The van der Waals surface area contributed by atoms with E-state index >= 15 is 0 Å². The summed E-state index contributed by atoms with van der Waals surface area (Å²) in [7, 11) is 0. The van der Waals surface area contributed by atoms with Gasteiger partial charge in [-0.3, -0.25) is 9.20 Å². The molecule has 0 radical (unpaired) electrons. The lowest BCUT2D eigenvalue weighted by Gasteiger charge is -2.27. The third-order valence-electron chi connectivity index (χ3n) is 5.99. The molecule has 0 bridgehead atoms. The van der Waals surface area contributed by atoms with Crippen LogP contribution >= 0.6 is 0 Å². The summed E-state index contributed by atoms with van der Waals surface area (Å²) in [5.74, 6) is 0.238. The van der Waals surface area contributed by atoms with Gasteiger partial charge in [0.05, 0.1) is 28.3 Å². The van der Waals surface area contributed by atoms with Gasteiger partial charge in [0.25, 0.3) is 5.91 Å². The lowest BCUT2D eigenvalue weighted by Crippen LogP contribution is -2.35. The van der Waals surface area contributed by atoms with Crippen LogP contribution in [-0.4, -0.2) is 38.3 Å². The minimum atomic E-state index is -4.46. The molecule has 2 aromatic heterocycles. The Kier molecular flexibility index (Phi) is 4.70. The molecule has 0 unspecified atom stereocenters. The Balaban J connectivity index is 1.53. The van der Waals surface area contributed by atoms with Gasteiger partial charge in [-0.05, 0) is 44.2 Å². The molecule has 0 saturated carbocycles. The number of halogens is 3. The summed E-state index contributed by atoms with van der Waals surface area (Å²) in [6.07, 6.45) is -2.83. The van der Waals surface area contributed by atoms with Crippen molar-refractivity contribution in [3.8, 4) is 5.75 Å². The van der Waals surface area contributed by atoms with E-state index < -0.39 is 17.8 Å². The first kappa shape index (κ1) is 21.0. The molecule has 0 saturated heterocycles. The fraction of sp³-hybridized carbons (Fsp3) is 0.261. The normalized spacial score (nSPS) is 15.6. The number of likely N-dealkylation sites (N-methyl/N-ethyl adjacent to an activating group) is 1. The minimum Gasteiger partial charge on any atom is -0.491 e. The van der Waals surface area contributed by atoms with Crippen molar-refractivity contribution < 1.29 is 22.7 Å². The number of aryl methyl sites for hydroxylation is 1. The number of fused-ring (bicyclic) bond motifs is 4. The summed E-state index contributed by atoms with van der Waals surface area (Å²) in [4.78, 5) is 23.8. The molecule has 0 aliphatic carbocycles. The SMILES string of the molecule is CCN(C(=O)c1ccc2nc(N)c3c(C)ncn3c2c1)[C@@H]1COc2cc(C(F)(F)F)ccc21. The number of hydrogen-bond donors (Lipinski definition) is 1. The molecule has 2 N–H and O–H groups in total. The van der Waals surface area contributed by atoms with Gasteiger partial charge in [-0.25, -0.2) is 9.97 Å². The standard InChI is InChI=1S/C23H20F3N5O2/c1-3-30(18-10-33-19-9-14(23(24,25)26)5-6-15(18)19)22(32)13-4-7-16-17(8-13)31-11-28-12(2)20(31)21(27)29-16/h4-9,11,18H,3,10H2,1-2H3,(H2,27,29)/t18-/m1/s1. The van der Waals surface area contributed by atoms with E-state index in [1.807, 2.05) is 13.8 Å². The number of alkyl halides is 3. The van der Waals surface area contributed by atoms with Gasteiger partial charge >= 0.3 is 6.18 Å². The number of nitrogens with zero attached hydrogens (tertiary/aromatic N) is 4. The molecule has 33 heavy (non-hydrogen) atoms. The van der Waals surface area contributed by atoms with Crippen LogP contribution in [0.15, 0.2) is 42.7 Å². The second kappa shape index (κ2) is 7.36. The van der Waals surface area contributed by atoms with Crippen LogP contribution in [0.25, 0.3) is 16.6 Å². The first-order valence-electron chi connectivity index (χ1n) is 10.4. The Bertz CT molecular complexity index is 1410. The van der Waals surface area contributed by atoms with Crippen LogP contribution in [-0.2, 0) is 6.18 Å². The van der Waals surface area contributed by atoms with E-state index in [2.05, 4.69) is 9.97 Å². The van der Waals surface area contributed by atoms with Gasteiger partial charge in [0.1, 0.15) is 30.0 Å². The van der Waals surface area contributed by atoms with Crippen LogP contribution < -0.4 is 10.5 Å². The maximum atomic E-state index is 13.5. The number of anilines is 1. The van der Waals surface area contributed by atoms with Gasteiger partial charge in [-0.1, -0.05) is 6.07 Å². The smallest absolute Gasteiger partial charge is 0.416 e. The van der Waals surface area contributed by atoms with Gasteiger partial charge in [0.2, 0.25) is 0 Å². The molecule has 1 amide bonds. The number of benzene rings is 2. The lowest BCUT2D eigenvalue weighted by atomic mass is 10.0. The van der Waals surface area contributed by atoms with Crippen molar-refractivity contribution in [2.75, 3.05) is 18.9 Å². The summed E-state index contributed by atoms with van der Waals surface area (Å²) < 4.78 is 46.5. The summed E-state index contributed by atoms with van der Waals surface area (Å²) >= 11 is 0. The first-order chi connectivity index (χ1) is 15.7. The predicted octanol–water partition coefficient (Wildman–Crippen LogP) is 4.39. The number of imidazole rings is 1. The molecule has 2 aromatic carbocycles. The van der Waals surface area contributed by atoms with Crippen molar-refractivity contribution in [2.24, 2.45) is 0 Å². The van der Waals surface area contributed by atoms with Crippen molar-refractivity contribution in [2.45, 2.75) is 26.1 Å². The van der Waals surface area contributed by atoms with Gasteiger partial charge in [-0.15, -0.1) is 0 Å². The topological polar surface area (TPSA) is 85.8 Å². The number of hydrogen-bond acceptors (Lipinski definition) is 5. The van der Waals surface area contributed by atoms with E-state index in [9.17, 15) is 18.0 Å². The first-order valence-corrected chi connectivity index (χ1v) is 10.4. The molecule has 1 atom stereocenters. The molecule has 4 aromatic rings. The average Bonchev–Trinajstić information content (AvgIpc) is 3.37. The molecule has 1 aliphatic heterocycles. The average molecular weight is 455 g/mol. The van der Waals surface area contributed by atoms with Gasteiger partial charge in [0.15, 0.2) is 0 Å². The highest BCUT2D eigenvalue weighted by Gasteiger charge is 2.36. The molecule has 5 rings (SSSR count). The number of nitrogen functional groups attached to an aromatic ring is 1. The van der Waals surface area contributed by atoms with E-state index in [4.69, 9.17) is 10.5 Å². The number of carbonyl (C=O) groups is 1. The molecule has 7 nitrogen and oxygen atoms in total. The summed E-state index contributed by atoms with van der Waals surface area (Å²) in [5, 5.41) is 0. The van der Waals surface area contributed by atoms with Gasteiger partial charge in [-0.2, -0.15) is 13.2 Å². The zero-order valence-electron chi connectivity index (χ0n) is 17.8. The third kappa shape index (κ3) is 3.33. The van der Waals surface area contributed by atoms with Crippen molar-refractivity contribution >= 4 is 28.3 Å². The molecule has 3 heterocycles. The monoisotopic (exact) mass is 455 g/mol. The molecule has 1 aliphatic rings. The Hall–Kier alpha value is -3.82. The molecular formula is C23H20F3N5O2. The second-order valence-electron chi connectivity index (χ2n) is 7.92. The van der Waals surface area contributed by atoms with E-state index in [0.717, 1.165) is 17.8 Å². The van der Waals surface area contributed by atoms with Crippen molar-refractivity contribution in [1.82, 2.24) is 19.3 Å². The van der Waals surface area contributed by atoms with Crippen LogP contribution in [0, 0.1) is 6.92 Å². The third-order valence-corrected chi connectivity index (χ3v) is 5.99. The van der Waals surface area contributed by atoms with Crippen LogP contribution in [0.5, 0.6) is 5.75 Å². The number of amides is 1. The van der Waals surface area contributed by atoms with Crippen LogP contribution in [0.1, 0.15) is 40.1 Å². The van der Waals surface area contributed by atoms with Crippen molar-refractivity contribution in [3.63, 3.8) is 0 Å². The fourth-order valence-corrected chi connectivity index (χ4v) is 4.35. The molecule has 10 heteroatoms.